The van der Waals surface area contributed by atoms with Gasteiger partial charge in [-0.3, -0.25) is 0 Å². The zero-order valence-electron chi connectivity index (χ0n) is 10.2. The number of aliphatic hydroxyl groups excluding tert-OH is 2. The van der Waals surface area contributed by atoms with Crippen molar-refractivity contribution >= 4 is 16.6 Å². The van der Waals surface area contributed by atoms with Crippen LogP contribution in [0.1, 0.15) is 41.9 Å². The Balaban J connectivity index is 2.41. The summed E-state index contributed by atoms with van der Waals surface area (Å²) in [5, 5.41) is 21.0. The van der Waals surface area contributed by atoms with Gasteiger partial charge in [-0.05, 0) is 31.4 Å². The van der Waals surface area contributed by atoms with E-state index in [2.05, 4.69) is 4.98 Å². The predicted molar refractivity (Wildman–Crippen MR) is 70.0 cm³/mol. The molecule has 1 aromatic heterocycles. The molecule has 0 saturated heterocycles. The van der Waals surface area contributed by atoms with Crippen molar-refractivity contribution in [2.75, 3.05) is 5.73 Å². The fourth-order valence-corrected chi connectivity index (χ4v) is 2.76. The van der Waals surface area contributed by atoms with E-state index in [1.165, 1.54) is 0 Å². The first kappa shape index (κ1) is 11.4. The molecule has 2 atom stereocenters. The quantitative estimate of drug-likeness (QED) is 0.662. The molecular weight excluding hydrogens is 228 g/mol. The van der Waals surface area contributed by atoms with E-state index < -0.39 is 12.2 Å². The highest BCUT2D eigenvalue weighted by molar-refractivity contribution is 5.95. The molecule has 18 heavy (non-hydrogen) atoms. The fraction of sp³-hybridized carbons (Fsp3) is 0.357. The molecule has 0 amide bonds. The Kier molecular flexibility index (Phi) is 2.50. The molecule has 4 N–H and O–H groups in total. The number of aryl methyl sites for hydroxylation is 1. The van der Waals surface area contributed by atoms with Crippen molar-refractivity contribution < 1.29 is 10.2 Å². The van der Waals surface area contributed by atoms with E-state index in [0.29, 0.717) is 29.8 Å². The number of rotatable bonds is 0. The number of nitrogen functional groups attached to an aromatic ring is 1. The molecule has 2 aromatic rings. The Hall–Kier alpha value is -1.65. The van der Waals surface area contributed by atoms with E-state index in [-0.39, 0.29) is 0 Å². The van der Waals surface area contributed by atoms with Gasteiger partial charge in [0.15, 0.2) is 0 Å². The smallest absolute Gasteiger partial charge is 0.0965 e. The summed E-state index contributed by atoms with van der Waals surface area (Å²) in [6.07, 6.45) is -0.203. The highest BCUT2D eigenvalue weighted by Crippen LogP contribution is 2.41. The highest BCUT2D eigenvalue weighted by Gasteiger charge is 2.29. The van der Waals surface area contributed by atoms with E-state index >= 15 is 0 Å². The number of hydrogen-bond donors (Lipinski definition) is 3. The summed E-state index contributed by atoms with van der Waals surface area (Å²) in [6.45, 7) is 1.97. The van der Waals surface area contributed by atoms with Gasteiger partial charge in [0.05, 0.1) is 23.4 Å². The first-order chi connectivity index (χ1) is 8.59. The lowest BCUT2D eigenvalue weighted by molar-refractivity contribution is 0.0884. The number of aliphatic hydroxyl groups is 2. The average molecular weight is 244 g/mol. The first-order valence-electron chi connectivity index (χ1n) is 6.14. The third kappa shape index (κ3) is 1.50. The molecule has 1 heterocycles. The number of anilines is 1. The van der Waals surface area contributed by atoms with Crippen molar-refractivity contribution in [3.63, 3.8) is 0 Å². The largest absolute Gasteiger partial charge is 0.398 e. The molecule has 0 spiro atoms. The number of nitrogens with two attached hydrogens (primary N) is 1. The van der Waals surface area contributed by atoms with Gasteiger partial charge in [-0.15, -0.1) is 0 Å². The second-order valence-electron chi connectivity index (χ2n) is 4.90. The van der Waals surface area contributed by atoms with Crippen molar-refractivity contribution in [2.45, 2.75) is 32.0 Å². The second kappa shape index (κ2) is 3.93. The Morgan fingerprint density at radius 3 is 2.72 bits per heavy atom. The van der Waals surface area contributed by atoms with Crippen LogP contribution in [0.25, 0.3) is 10.9 Å². The SMILES string of the molecule is Cc1cccc2nc3c(c(N)c12)C(O)CCC3O. The van der Waals surface area contributed by atoms with Crippen molar-refractivity contribution in [2.24, 2.45) is 0 Å². The number of nitrogens with zero attached hydrogens (tertiary/aromatic N) is 1. The molecule has 1 aliphatic carbocycles. The standard InChI is InChI=1S/C14H16N2O2/c1-7-3-2-4-8-11(7)13(15)12-9(17)5-6-10(18)14(12)16-8/h2-4,9-10,17-18H,5-6H2,1H3,(H2,15,16). The van der Waals surface area contributed by atoms with E-state index in [9.17, 15) is 10.2 Å². The Bertz CT molecular complexity index is 625. The molecule has 1 aliphatic rings. The minimum Gasteiger partial charge on any atom is -0.398 e. The maximum atomic E-state index is 10.1. The van der Waals surface area contributed by atoms with E-state index in [1.54, 1.807) is 0 Å². The van der Waals surface area contributed by atoms with Crippen LogP contribution in [0, 0.1) is 6.92 Å². The minimum atomic E-state index is -0.629. The van der Waals surface area contributed by atoms with Gasteiger partial charge in [0.2, 0.25) is 0 Å². The maximum Gasteiger partial charge on any atom is 0.0965 e. The van der Waals surface area contributed by atoms with Gasteiger partial charge in [-0.2, -0.15) is 0 Å². The second-order valence-corrected chi connectivity index (χ2v) is 4.90. The number of benzene rings is 1. The lowest BCUT2D eigenvalue weighted by Crippen LogP contribution is -2.18. The normalized spacial score (nSPS) is 23.1. The third-order valence-corrected chi connectivity index (χ3v) is 3.69. The van der Waals surface area contributed by atoms with Crippen LogP contribution in [-0.2, 0) is 0 Å². The zero-order chi connectivity index (χ0) is 12.9. The maximum absolute atomic E-state index is 10.1. The molecular formula is C14H16N2O2. The van der Waals surface area contributed by atoms with Crippen LogP contribution in [0.5, 0.6) is 0 Å². The number of aromatic nitrogens is 1. The van der Waals surface area contributed by atoms with Crippen LogP contribution in [0.3, 0.4) is 0 Å². The summed E-state index contributed by atoms with van der Waals surface area (Å²) in [5.74, 6) is 0. The summed E-state index contributed by atoms with van der Waals surface area (Å²) >= 11 is 0. The van der Waals surface area contributed by atoms with Crippen LogP contribution >= 0.6 is 0 Å². The highest BCUT2D eigenvalue weighted by atomic mass is 16.3. The van der Waals surface area contributed by atoms with Crippen molar-refractivity contribution in [1.29, 1.82) is 0 Å². The molecule has 3 rings (SSSR count). The van der Waals surface area contributed by atoms with E-state index in [1.807, 2.05) is 25.1 Å². The molecule has 4 nitrogen and oxygen atoms in total. The monoisotopic (exact) mass is 244 g/mol. The molecule has 0 fully saturated rings. The molecule has 0 saturated carbocycles. The van der Waals surface area contributed by atoms with Gasteiger partial charge >= 0.3 is 0 Å². The van der Waals surface area contributed by atoms with Crippen molar-refractivity contribution in [1.82, 2.24) is 4.98 Å². The summed E-state index contributed by atoms with van der Waals surface area (Å²) in [5.41, 5.74) is 9.69. The van der Waals surface area contributed by atoms with Crippen molar-refractivity contribution in [3.8, 4) is 0 Å². The van der Waals surface area contributed by atoms with Crippen LogP contribution < -0.4 is 5.73 Å². The van der Waals surface area contributed by atoms with Crippen molar-refractivity contribution in [3.05, 3.63) is 35.0 Å². The van der Waals surface area contributed by atoms with Gasteiger partial charge in [0, 0.05) is 16.6 Å². The zero-order valence-corrected chi connectivity index (χ0v) is 10.2. The van der Waals surface area contributed by atoms with E-state index in [0.717, 1.165) is 16.5 Å². The number of fused-ring (bicyclic) bond motifs is 2. The average Bonchev–Trinajstić information content (AvgIpc) is 2.34. The first-order valence-corrected chi connectivity index (χ1v) is 6.14. The molecule has 0 bridgehead atoms. The van der Waals surface area contributed by atoms with E-state index in [4.69, 9.17) is 5.73 Å². The predicted octanol–water partition coefficient (Wildman–Crippen LogP) is 1.99. The van der Waals surface area contributed by atoms with Gasteiger partial charge < -0.3 is 15.9 Å². The lowest BCUT2D eigenvalue weighted by Gasteiger charge is -2.27. The summed E-state index contributed by atoms with van der Waals surface area (Å²) in [4.78, 5) is 4.48. The number of pyridine rings is 1. The van der Waals surface area contributed by atoms with Crippen LogP contribution in [0.4, 0.5) is 5.69 Å². The molecule has 4 heteroatoms. The molecule has 0 radical (unpaired) electrons. The van der Waals surface area contributed by atoms with Crippen LogP contribution in [0.15, 0.2) is 18.2 Å². The summed E-state index contributed by atoms with van der Waals surface area (Å²) in [6, 6.07) is 5.77. The lowest BCUT2D eigenvalue weighted by atomic mass is 9.88. The summed E-state index contributed by atoms with van der Waals surface area (Å²) < 4.78 is 0. The molecule has 1 aromatic carbocycles. The molecule has 0 aliphatic heterocycles. The molecule has 2 unspecified atom stereocenters. The minimum absolute atomic E-state index is 0.525. The van der Waals surface area contributed by atoms with Gasteiger partial charge in [0.25, 0.3) is 0 Å². The number of hydrogen-bond acceptors (Lipinski definition) is 4. The van der Waals surface area contributed by atoms with Crippen LogP contribution in [-0.4, -0.2) is 15.2 Å². The van der Waals surface area contributed by atoms with Gasteiger partial charge in [0.1, 0.15) is 0 Å². The Morgan fingerprint density at radius 1 is 1.22 bits per heavy atom. The van der Waals surface area contributed by atoms with Crippen LogP contribution in [0.2, 0.25) is 0 Å². The van der Waals surface area contributed by atoms with Gasteiger partial charge in [-0.25, -0.2) is 4.98 Å². The summed E-state index contributed by atoms with van der Waals surface area (Å²) in [7, 11) is 0. The Morgan fingerprint density at radius 2 is 1.94 bits per heavy atom. The topological polar surface area (TPSA) is 79.4 Å². The Labute approximate surface area is 105 Å². The third-order valence-electron chi connectivity index (χ3n) is 3.69. The molecule has 94 valence electrons. The fourth-order valence-electron chi connectivity index (χ4n) is 2.76. The van der Waals surface area contributed by atoms with Gasteiger partial charge in [-0.1, -0.05) is 12.1 Å².